The summed E-state index contributed by atoms with van der Waals surface area (Å²) in [7, 11) is 1.48. The summed E-state index contributed by atoms with van der Waals surface area (Å²) in [5.74, 6) is 0.728. The number of thioether (sulfide) groups is 1. The highest BCUT2D eigenvalue weighted by atomic mass is 32.2. The van der Waals surface area contributed by atoms with Gasteiger partial charge in [0.25, 0.3) is 0 Å². The molecule has 0 radical (unpaired) electrons. The number of methoxy groups -OCH3 is 1. The SMILES string of the molecule is COc1ccc2c(c1F)CSC(C)C[C@H]2N. The van der Waals surface area contributed by atoms with Gasteiger partial charge in [-0.1, -0.05) is 13.0 Å². The second-order valence-electron chi connectivity index (χ2n) is 4.11. The molecule has 0 amide bonds. The van der Waals surface area contributed by atoms with Crippen LogP contribution < -0.4 is 10.5 Å². The van der Waals surface area contributed by atoms with Crippen molar-refractivity contribution >= 4 is 11.8 Å². The molecule has 1 aromatic rings. The molecule has 1 aromatic carbocycles. The Labute approximate surface area is 99.4 Å². The van der Waals surface area contributed by atoms with Gasteiger partial charge in [-0.3, -0.25) is 0 Å². The molecule has 2 rings (SSSR count). The van der Waals surface area contributed by atoms with E-state index in [1.165, 1.54) is 7.11 Å². The lowest BCUT2D eigenvalue weighted by Crippen LogP contribution is -2.14. The van der Waals surface area contributed by atoms with Crippen LogP contribution in [-0.2, 0) is 5.75 Å². The Kier molecular flexibility index (Phi) is 3.40. The third-order valence-corrected chi connectivity index (χ3v) is 4.18. The van der Waals surface area contributed by atoms with Gasteiger partial charge in [-0.2, -0.15) is 11.8 Å². The molecular formula is C12H16FNOS. The topological polar surface area (TPSA) is 35.2 Å². The first kappa shape index (κ1) is 11.7. The fraction of sp³-hybridized carbons (Fsp3) is 0.500. The van der Waals surface area contributed by atoms with Crippen LogP contribution >= 0.6 is 11.8 Å². The van der Waals surface area contributed by atoms with E-state index in [9.17, 15) is 4.39 Å². The summed E-state index contributed by atoms with van der Waals surface area (Å²) in [6.45, 7) is 2.13. The van der Waals surface area contributed by atoms with Crippen LogP contribution in [0.25, 0.3) is 0 Å². The Morgan fingerprint density at radius 2 is 2.25 bits per heavy atom. The first-order chi connectivity index (χ1) is 7.63. The Morgan fingerprint density at radius 3 is 2.94 bits per heavy atom. The minimum Gasteiger partial charge on any atom is -0.494 e. The van der Waals surface area contributed by atoms with E-state index in [4.69, 9.17) is 10.5 Å². The first-order valence-electron chi connectivity index (χ1n) is 5.36. The first-order valence-corrected chi connectivity index (χ1v) is 6.40. The lowest BCUT2D eigenvalue weighted by atomic mass is 9.98. The number of rotatable bonds is 1. The summed E-state index contributed by atoms with van der Waals surface area (Å²) < 4.78 is 19.0. The van der Waals surface area contributed by atoms with Gasteiger partial charge in [-0.25, -0.2) is 4.39 Å². The monoisotopic (exact) mass is 241 g/mol. The van der Waals surface area contributed by atoms with Crippen molar-refractivity contribution in [2.24, 2.45) is 5.73 Å². The fourth-order valence-corrected chi connectivity index (χ4v) is 3.13. The van der Waals surface area contributed by atoms with Crippen LogP contribution in [0.1, 0.15) is 30.5 Å². The second-order valence-corrected chi connectivity index (χ2v) is 5.54. The number of fused-ring (bicyclic) bond motifs is 1. The third kappa shape index (κ3) is 2.04. The van der Waals surface area contributed by atoms with E-state index < -0.39 is 0 Å². The molecule has 0 fully saturated rings. The van der Waals surface area contributed by atoms with Crippen molar-refractivity contribution < 1.29 is 9.13 Å². The van der Waals surface area contributed by atoms with Crippen molar-refractivity contribution in [1.29, 1.82) is 0 Å². The predicted molar refractivity (Wildman–Crippen MR) is 65.3 cm³/mol. The number of hydrogen-bond donors (Lipinski definition) is 1. The van der Waals surface area contributed by atoms with E-state index in [2.05, 4.69) is 6.92 Å². The highest BCUT2D eigenvalue weighted by Crippen LogP contribution is 2.37. The van der Waals surface area contributed by atoms with Crippen molar-refractivity contribution in [1.82, 2.24) is 0 Å². The zero-order valence-corrected chi connectivity index (χ0v) is 10.3. The third-order valence-electron chi connectivity index (χ3n) is 2.96. The smallest absolute Gasteiger partial charge is 0.169 e. The van der Waals surface area contributed by atoms with Crippen LogP contribution in [0.15, 0.2) is 12.1 Å². The Balaban J connectivity index is 2.47. The summed E-state index contributed by atoms with van der Waals surface area (Å²) >= 11 is 1.74. The molecule has 0 bridgehead atoms. The maximum absolute atomic E-state index is 14.0. The largest absolute Gasteiger partial charge is 0.494 e. The molecule has 16 heavy (non-hydrogen) atoms. The number of nitrogens with two attached hydrogens (primary N) is 1. The lowest BCUT2D eigenvalue weighted by molar-refractivity contribution is 0.384. The van der Waals surface area contributed by atoms with E-state index in [0.29, 0.717) is 22.3 Å². The van der Waals surface area contributed by atoms with Crippen LogP contribution in [0.4, 0.5) is 4.39 Å². The fourth-order valence-electron chi connectivity index (χ4n) is 2.04. The molecule has 0 saturated carbocycles. The normalized spacial score (nSPS) is 24.8. The molecule has 0 spiro atoms. The molecule has 88 valence electrons. The van der Waals surface area contributed by atoms with Crippen LogP contribution in [0.5, 0.6) is 5.75 Å². The van der Waals surface area contributed by atoms with Gasteiger partial charge in [0.15, 0.2) is 11.6 Å². The van der Waals surface area contributed by atoms with Gasteiger partial charge in [0.1, 0.15) is 0 Å². The molecule has 2 nitrogen and oxygen atoms in total. The predicted octanol–water partition coefficient (Wildman–Crippen LogP) is 2.86. The van der Waals surface area contributed by atoms with Gasteiger partial charge < -0.3 is 10.5 Å². The van der Waals surface area contributed by atoms with Gasteiger partial charge in [0, 0.05) is 22.6 Å². The Morgan fingerprint density at radius 1 is 1.50 bits per heavy atom. The van der Waals surface area contributed by atoms with Crippen molar-refractivity contribution in [2.45, 2.75) is 30.4 Å². The van der Waals surface area contributed by atoms with E-state index in [1.54, 1.807) is 17.8 Å². The highest BCUT2D eigenvalue weighted by Gasteiger charge is 2.23. The molecule has 0 aromatic heterocycles. The summed E-state index contributed by atoms with van der Waals surface area (Å²) in [6, 6.07) is 3.48. The van der Waals surface area contributed by atoms with Crippen LogP contribution in [0.2, 0.25) is 0 Å². The molecule has 4 heteroatoms. The Bertz CT molecular complexity index is 397. The van der Waals surface area contributed by atoms with Gasteiger partial charge in [-0.05, 0) is 18.1 Å². The highest BCUT2D eigenvalue weighted by molar-refractivity contribution is 7.99. The summed E-state index contributed by atoms with van der Waals surface area (Å²) in [6.07, 6.45) is 0.892. The second kappa shape index (κ2) is 4.63. The van der Waals surface area contributed by atoms with E-state index in [0.717, 1.165) is 12.0 Å². The van der Waals surface area contributed by atoms with Crippen molar-refractivity contribution in [2.75, 3.05) is 7.11 Å². The molecule has 1 aliphatic heterocycles. The number of benzene rings is 1. The van der Waals surface area contributed by atoms with E-state index in [1.807, 2.05) is 6.07 Å². The average molecular weight is 241 g/mol. The van der Waals surface area contributed by atoms with Crippen molar-refractivity contribution in [3.63, 3.8) is 0 Å². The van der Waals surface area contributed by atoms with Gasteiger partial charge >= 0.3 is 0 Å². The van der Waals surface area contributed by atoms with Gasteiger partial charge in [0.05, 0.1) is 7.11 Å². The molecule has 0 saturated heterocycles. The molecule has 0 aliphatic carbocycles. The number of ether oxygens (including phenoxy) is 1. The summed E-state index contributed by atoms with van der Waals surface area (Å²) in [5, 5.41) is 0.466. The molecule has 2 N–H and O–H groups in total. The van der Waals surface area contributed by atoms with Crippen LogP contribution in [0.3, 0.4) is 0 Å². The van der Waals surface area contributed by atoms with Crippen molar-refractivity contribution in [3.05, 3.63) is 29.1 Å². The van der Waals surface area contributed by atoms with Crippen LogP contribution in [-0.4, -0.2) is 12.4 Å². The maximum atomic E-state index is 14.0. The summed E-state index contributed by atoms with van der Waals surface area (Å²) in [4.78, 5) is 0. The van der Waals surface area contributed by atoms with Gasteiger partial charge in [0.2, 0.25) is 0 Å². The minimum atomic E-state index is -0.253. The molecule has 1 unspecified atom stereocenters. The average Bonchev–Trinajstić information content (AvgIpc) is 2.40. The Hall–Kier alpha value is -0.740. The van der Waals surface area contributed by atoms with Crippen molar-refractivity contribution in [3.8, 4) is 5.75 Å². The van der Waals surface area contributed by atoms with E-state index >= 15 is 0 Å². The van der Waals surface area contributed by atoms with Crippen LogP contribution in [0, 0.1) is 5.82 Å². The van der Waals surface area contributed by atoms with E-state index in [-0.39, 0.29) is 11.9 Å². The molecule has 1 aliphatic rings. The summed E-state index contributed by atoms with van der Waals surface area (Å²) in [5.41, 5.74) is 7.71. The quantitative estimate of drug-likeness (QED) is 0.821. The maximum Gasteiger partial charge on any atom is 0.169 e. The zero-order valence-electron chi connectivity index (χ0n) is 9.50. The minimum absolute atomic E-state index is 0.0691. The lowest BCUT2D eigenvalue weighted by Gasteiger charge is -2.15. The zero-order chi connectivity index (χ0) is 11.7. The molecule has 2 atom stereocenters. The standard InChI is InChI=1S/C12H16FNOS/c1-7-5-10(14)8-3-4-11(15-2)12(13)9(8)6-16-7/h3-4,7,10H,5-6,14H2,1-2H3/t7?,10-/m1/s1. The molecular weight excluding hydrogens is 225 g/mol. The molecule has 1 heterocycles. The number of hydrogen-bond acceptors (Lipinski definition) is 3. The van der Waals surface area contributed by atoms with Gasteiger partial charge in [-0.15, -0.1) is 0 Å². The number of halogens is 1.